The highest BCUT2D eigenvalue weighted by molar-refractivity contribution is 5.27. The zero-order chi connectivity index (χ0) is 12.3. The second-order valence-corrected chi connectivity index (χ2v) is 3.91. The molecular formula is C15H21NO. The van der Waals surface area contributed by atoms with Gasteiger partial charge in [-0.3, -0.25) is 0 Å². The molecule has 2 heteroatoms. The number of hydrogen-bond donors (Lipinski definition) is 1. The van der Waals surface area contributed by atoms with Crippen molar-refractivity contribution in [2.24, 2.45) is 0 Å². The summed E-state index contributed by atoms with van der Waals surface area (Å²) in [5, 5.41) is 3.40. The zero-order valence-corrected chi connectivity index (χ0v) is 10.5. The highest BCUT2D eigenvalue weighted by Gasteiger charge is 1.94. The molecule has 92 valence electrons. The van der Waals surface area contributed by atoms with E-state index in [9.17, 15) is 0 Å². The summed E-state index contributed by atoms with van der Waals surface area (Å²) in [4.78, 5) is 0. The molecule has 0 aromatic heterocycles. The van der Waals surface area contributed by atoms with Crippen LogP contribution in [0.15, 0.2) is 24.3 Å². The van der Waals surface area contributed by atoms with Crippen molar-refractivity contribution in [2.75, 3.05) is 13.2 Å². The van der Waals surface area contributed by atoms with Gasteiger partial charge in [0, 0.05) is 13.0 Å². The molecule has 17 heavy (non-hydrogen) atoms. The van der Waals surface area contributed by atoms with E-state index in [0.29, 0.717) is 6.61 Å². The molecule has 2 nitrogen and oxygen atoms in total. The van der Waals surface area contributed by atoms with Gasteiger partial charge in [-0.1, -0.05) is 12.1 Å². The van der Waals surface area contributed by atoms with Crippen molar-refractivity contribution in [3.63, 3.8) is 0 Å². The molecule has 0 aliphatic carbocycles. The lowest BCUT2D eigenvalue weighted by Crippen LogP contribution is -2.14. The van der Waals surface area contributed by atoms with Crippen molar-refractivity contribution in [3.05, 3.63) is 29.8 Å². The first-order valence-electron chi connectivity index (χ1n) is 6.22. The van der Waals surface area contributed by atoms with E-state index in [-0.39, 0.29) is 0 Å². The van der Waals surface area contributed by atoms with Crippen LogP contribution in [0, 0.1) is 12.3 Å². The summed E-state index contributed by atoms with van der Waals surface area (Å²) in [6.45, 7) is 4.63. The maximum absolute atomic E-state index is 5.39. The highest BCUT2D eigenvalue weighted by Crippen LogP contribution is 2.11. The van der Waals surface area contributed by atoms with Gasteiger partial charge < -0.3 is 10.1 Å². The van der Waals surface area contributed by atoms with Gasteiger partial charge in [0.2, 0.25) is 0 Å². The van der Waals surface area contributed by atoms with E-state index >= 15 is 0 Å². The summed E-state index contributed by atoms with van der Waals surface area (Å²) in [6.07, 6.45) is 8.31. The van der Waals surface area contributed by atoms with Crippen LogP contribution in [-0.4, -0.2) is 13.2 Å². The Kier molecular flexibility index (Phi) is 6.93. The third-order valence-corrected chi connectivity index (χ3v) is 2.49. The summed E-state index contributed by atoms with van der Waals surface area (Å²) in [6, 6.07) is 8.22. The van der Waals surface area contributed by atoms with E-state index in [1.165, 1.54) is 5.56 Å². The number of ether oxygens (including phenoxy) is 1. The maximum Gasteiger partial charge on any atom is 0.119 e. The Morgan fingerprint density at radius 1 is 1.24 bits per heavy atom. The van der Waals surface area contributed by atoms with E-state index in [1.54, 1.807) is 0 Å². The molecular weight excluding hydrogens is 210 g/mol. The van der Waals surface area contributed by atoms with Crippen molar-refractivity contribution >= 4 is 0 Å². The Hall–Kier alpha value is -1.46. The van der Waals surface area contributed by atoms with Crippen molar-refractivity contribution in [1.82, 2.24) is 5.32 Å². The SMILES string of the molecule is C#CCCCCNCc1ccc(OCC)cc1. The van der Waals surface area contributed by atoms with Gasteiger partial charge in [-0.15, -0.1) is 12.3 Å². The van der Waals surface area contributed by atoms with Crippen molar-refractivity contribution < 1.29 is 4.74 Å². The second-order valence-electron chi connectivity index (χ2n) is 3.91. The van der Waals surface area contributed by atoms with Gasteiger partial charge in [0.15, 0.2) is 0 Å². The Morgan fingerprint density at radius 2 is 2.00 bits per heavy atom. The van der Waals surface area contributed by atoms with Gasteiger partial charge in [-0.05, 0) is 44.0 Å². The minimum absolute atomic E-state index is 0.715. The number of terminal acetylenes is 1. The fourth-order valence-corrected chi connectivity index (χ4v) is 1.58. The third kappa shape index (κ3) is 5.99. The quantitative estimate of drug-likeness (QED) is 0.548. The number of nitrogens with one attached hydrogen (secondary N) is 1. The van der Waals surface area contributed by atoms with Gasteiger partial charge in [-0.2, -0.15) is 0 Å². The van der Waals surface area contributed by atoms with Crippen LogP contribution in [0.1, 0.15) is 31.7 Å². The average Bonchev–Trinajstić information content (AvgIpc) is 2.36. The lowest BCUT2D eigenvalue weighted by Gasteiger charge is -2.06. The van der Waals surface area contributed by atoms with Crippen LogP contribution in [0.4, 0.5) is 0 Å². The van der Waals surface area contributed by atoms with Crippen LogP contribution < -0.4 is 10.1 Å². The molecule has 0 saturated carbocycles. The summed E-state index contributed by atoms with van der Waals surface area (Å²) in [5.41, 5.74) is 1.28. The van der Waals surface area contributed by atoms with Gasteiger partial charge in [0.25, 0.3) is 0 Å². The van der Waals surface area contributed by atoms with Gasteiger partial charge in [-0.25, -0.2) is 0 Å². The molecule has 1 aromatic rings. The molecule has 0 spiro atoms. The zero-order valence-electron chi connectivity index (χ0n) is 10.5. The number of rotatable bonds is 8. The van der Waals surface area contributed by atoms with E-state index in [0.717, 1.165) is 38.1 Å². The number of unbranched alkanes of at least 4 members (excludes halogenated alkanes) is 2. The first-order chi connectivity index (χ1) is 8.36. The first-order valence-corrected chi connectivity index (χ1v) is 6.22. The molecule has 0 amide bonds. The van der Waals surface area contributed by atoms with E-state index in [1.807, 2.05) is 19.1 Å². The summed E-state index contributed by atoms with van der Waals surface area (Å²) >= 11 is 0. The normalized spacial score (nSPS) is 9.88. The van der Waals surface area contributed by atoms with Crippen LogP contribution in [-0.2, 0) is 6.54 Å². The minimum atomic E-state index is 0.715. The van der Waals surface area contributed by atoms with E-state index in [4.69, 9.17) is 11.2 Å². The first kappa shape index (κ1) is 13.6. The summed E-state index contributed by atoms with van der Waals surface area (Å²) in [5.74, 6) is 3.59. The monoisotopic (exact) mass is 231 g/mol. The largest absolute Gasteiger partial charge is 0.494 e. The van der Waals surface area contributed by atoms with E-state index < -0.39 is 0 Å². The molecule has 0 aliphatic heterocycles. The van der Waals surface area contributed by atoms with Gasteiger partial charge >= 0.3 is 0 Å². The molecule has 0 fully saturated rings. The highest BCUT2D eigenvalue weighted by atomic mass is 16.5. The van der Waals surface area contributed by atoms with Crippen molar-refractivity contribution in [3.8, 4) is 18.1 Å². The fraction of sp³-hybridized carbons (Fsp3) is 0.467. The van der Waals surface area contributed by atoms with Crippen LogP contribution in [0.5, 0.6) is 5.75 Å². The van der Waals surface area contributed by atoms with Crippen molar-refractivity contribution in [1.29, 1.82) is 0 Å². The Balaban J connectivity index is 2.16. The van der Waals surface area contributed by atoms with Crippen LogP contribution in [0.25, 0.3) is 0 Å². The molecule has 1 rings (SSSR count). The Morgan fingerprint density at radius 3 is 2.65 bits per heavy atom. The van der Waals surface area contributed by atoms with Gasteiger partial charge in [0.05, 0.1) is 6.61 Å². The lowest BCUT2D eigenvalue weighted by atomic mass is 10.2. The topological polar surface area (TPSA) is 21.3 Å². The molecule has 0 unspecified atom stereocenters. The Labute approximate surface area is 104 Å². The molecule has 0 heterocycles. The third-order valence-electron chi connectivity index (χ3n) is 2.49. The molecule has 1 N–H and O–H groups in total. The second kappa shape index (κ2) is 8.66. The van der Waals surface area contributed by atoms with Gasteiger partial charge in [0.1, 0.15) is 5.75 Å². The average molecular weight is 231 g/mol. The minimum Gasteiger partial charge on any atom is -0.494 e. The van der Waals surface area contributed by atoms with Crippen LogP contribution in [0.3, 0.4) is 0 Å². The molecule has 0 saturated heterocycles. The summed E-state index contributed by atoms with van der Waals surface area (Å²) in [7, 11) is 0. The Bertz CT molecular complexity index is 337. The molecule has 0 atom stereocenters. The smallest absolute Gasteiger partial charge is 0.119 e. The predicted octanol–water partition coefficient (Wildman–Crippen LogP) is 2.98. The predicted molar refractivity (Wildman–Crippen MR) is 72.0 cm³/mol. The van der Waals surface area contributed by atoms with Crippen molar-refractivity contribution in [2.45, 2.75) is 32.7 Å². The molecule has 0 radical (unpaired) electrons. The summed E-state index contributed by atoms with van der Waals surface area (Å²) < 4.78 is 5.39. The molecule has 0 aliphatic rings. The maximum atomic E-state index is 5.39. The van der Waals surface area contributed by atoms with Crippen LogP contribution >= 0.6 is 0 Å². The lowest BCUT2D eigenvalue weighted by molar-refractivity contribution is 0.340. The molecule has 0 bridgehead atoms. The van der Waals surface area contributed by atoms with Crippen LogP contribution in [0.2, 0.25) is 0 Å². The fourth-order valence-electron chi connectivity index (χ4n) is 1.58. The standard InChI is InChI=1S/C15H21NO/c1-3-5-6-7-12-16-13-14-8-10-15(11-9-14)17-4-2/h1,8-11,16H,4-7,12-13H2,2H3. The number of hydrogen-bond acceptors (Lipinski definition) is 2. The number of benzene rings is 1. The van der Waals surface area contributed by atoms with E-state index in [2.05, 4.69) is 23.4 Å². The molecule has 1 aromatic carbocycles.